The van der Waals surface area contributed by atoms with E-state index in [4.69, 9.17) is 4.74 Å². The summed E-state index contributed by atoms with van der Waals surface area (Å²) in [6.07, 6.45) is 0.470. The number of tetrazole rings is 1. The molecule has 7 heteroatoms. The predicted octanol–water partition coefficient (Wildman–Crippen LogP) is 2.50. The molecular weight excluding hydrogens is 330 g/mol. The zero-order valence-corrected chi connectivity index (χ0v) is 14.7. The highest BCUT2D eigenvalue weighted by molar-refractivity contribution is 5.95. The van der Waals surface area contributed by atoms with Gasteiger partial charge in [-0.1, -0.05) is 29.8 Å². The van der Waals surface area contributed by atoms with Crippen molar-refractivity contribution >= 4 is 11.6 Å². The van der Waals surface area contributed by atoms with Gasteiger partial charge in [-0.15, -0.1) is 0 Å². The normalized spacial score (nSPS) is 11.8. The van der Waals surface area contributed by atoms with Crippen LogP contribution in [0.15, 0.2) is 48.5 Å². The lowest BCUT2D eigenvalue weighted by Gasteiger charge is -2.17. The van der Waals surface area contributed by atoms with Gasteiger partial charge >= 0.3 is 0 Å². The number of nitrogens with one attached hydrogen (secondary N) is 1. The highest BCUT2D eigenvalue weighted by Crippen LogP contribution is 2.21. The van der Waals surface area contributed by atoms with Crippen molar-refractivity contribution < 1.29 is 9.53 Å². The molecule has 3 rings (SSSR count). The fraction of sp³-hybridized carbons (Fsp3) is 0.263. The van der Waals surface area contributed by atoms with Crippen molar-refractivity contribution in [1.29, 1.82) is 0 Å². The Morgan fingerprint density at radius 2 is 2.04 bits per heavy atom. The molecular formula is C19H20N5O2-. The van der Waals surface area contributed by atoms with Crippen molar-refractivity contribution in [3.05, 3.63) is 65.5 Å². The zero-order chi connectivity index (χ0) is 18.4. The minimum absolute atomic E-state index is 0.203. The second-order valence-electron chi connectivity index (χ2n) is 5.93. The first-order valence-corrected chi connectivity index (χ1v) is 8.43. The predicted molar refractivity (Wildman–Crippen MR) is 97.0 cm³/mol. The SMILES string of the molecule is CCOc1ccc(NC(=O)[C@@H](Cc2cccc(C)c2)c2nnn[n-]2)cc1. The van der Waals surface area contributed by atoms with Crippen LogP contribution in [0.5, 0.6) is 5.75 Å². The third kappa shape index (κ3) is 4.44. The summed E-state index contributed by atoms with van der Waals surface area (Å²) in [5, 5.41) is 17.7. The number of nitrogens with zero attached hydrogens (tertiary/aromatic N) is 4. The van der Waals surface area contributed by atoms with Crippen LogP contribution in [0.4, 0.5) is 5.69 Å². The van der Waals surface area contributed by atoms with Crippen LogP contribution in [0, 0.1) is 6.92 Å². The maximum absolute atomic E-state index is 12.8. The molecule has 0 bridgehead atoms. The number of benzene rings is 2. The average Bonchev–Trinajstić information content (AvgIpc) is 3.16. The molecule has 1 N–H and O–H groups in total. The Bertz CT molecular complexity index is 847. The molecule has 7 nitrogen and oxygen atoms in total. The van der Waals surface area contributed by atoms with E-state index in [0.717, 1.165) is 16.9 Å². The molecule has 134 valence electrons. The van der Waals surface area contributed by atoms with Gasteiger partial charge in [0, 0.05) is 11.5 Å². The Hall–Kier alpha value is -3.22. The van der Waals surface area contributed by atoms with E-state index in [-0.39, 0.29) is 5.91 Å². The standard InChI is InChI=1S/C19H21N5O2/c1-3-26-16-9-7-15(8-10-16)20-19(25)17(18-21-23-24-22-18)12-14-6-4-5-13(2)11-14/h4-11,17H,3,12H2,1-2H3,(H2,20,21,22,23,24,25)/p-1/t17-/m0/s1. The highest BCUT2D eigenvalue weighted by atomic mass is 16.5. The molecule has 2 aromatic carbocycles. The lowest BCUT2D eigenvalue weighted by atomic mass is 9.96. The number of hydrogen-bond donors (Lipinski definition) is 1. The fourth-order valence-corrected chi connectivity index (χ4v) is 2.70. The Morgan fingerprint density at radius 3 is 2.69 bits per heavy atom. The van der Waals surface area contributed by atoms with Crippen LogP contribution in [-0.2, 0) is 11.2 Å². The van der Waals surface area contributed by atoms with Crippen molar-refractivity contribution in [3.63, 3.8) is 0 Å². The van der Waals surface area contributed by atoms with Gasteiger partial charge in [-0.2, -0.15) is 5.21 Å². The van der Waals surface area contributed by atoms with Crippen molar-refractivity contribution in [2.24, 2.45) is 0 Å². The minimum atomic E-state index is -0.571. The first-order valence-electron chi connectivity index (χ1n) is 8.43. The number of carbonyl (C=O) groups excluding carboxylic acids is 1. The summed E-state index contributed by atoms with van der Waals surface area (Å²) in [4.78, 5) is 12.8. The molecule has 3 aromatic rings. The van der Waals surface area contributed by atoms with Crippen LogP contribution in [0.2, 0.25) is 0 Å². The molecule has 0 spiro atoms. The van der Waals surface area contributed by atoms with Crippen molar-refractivity contribution in [1.82, 2.24) is 20.6 Å². The molecule has 0 aliphatic rings. The van der Waals surface area contributed by atoms with Gasteiger partial charge in [0.2, 0.25) is 5.91 Å². The maximum Gasteiger partial charge on any atom is 0.232 e. The Labute approximate surface area is 151 Å². The second-order valence-corrected chi connectivity index (χ2v) is 5.93. The van der Waals surface area contributed by atoms with Crippen LogP contribution >= 0.6 is 0 Å². The van der Waals surface area contributed by atoms with Gasteiger partial charge < -0.3 is 15.2 Å². The molecule has 1 atom stereocenters. The van der Waals surface area contributed by atoms with E-state index in [1.807, 2.05) is 50.2 Å². The van der Waals surface area contributed by atoms with Crippen molar-refractivity contribution in [3.8, 4) is 5.75 Å². The summed E-state index contributed by atoms with van der Waals surface area (Å²) in [5.74, 6) is 0.299. The number of rotatable bonds is 7. The number of ether oxygens (including phenoxy) is 1. The van der Waals surface area contributed by atoms with Gasteiger partial charge in [-0.25, -0.2) is 0 Å². The zero-order valence-electron chi connectivity index (χ0n) is 14.7. The molecule has 1 amide bonds. The van der Waals surface area contributed by atoms with Crippen molar-refractivity contribution in [2.75, 3.05) is 11.9 Å². The first-order chi connectivity index (χ1) is 12.7. The molecule has 0 fully saturated rings. The monoisotopic (exact) mass is 350 g/mol. The third-order valence-corrected chi connectivity index (χ3v) is 3.92. The summed E-state index contributed by atoms with van der Waals surface area (Å²) >= 11 is 0. The molecule has 26 heavy (non-hydrogen) atoms. The smallest absolute Gasteiger partial charge is 0.232 e. The second kappa shape index (κ2) is 8.24. The van der Waals surface area contributed by atoms with E-state index in [0.29, 0.717) is 24.5 Å². The van der Waals surface area contributed by atoms with Gasteiger partial charge in [-0.05, 0) is 50.1 Å². The maximum atomic E-state index is 12.8. The Balaban J connectivity index is 1.77. The van der Waals surface area contributed by atoms with Crippen molar-refractivity contribution in [2.45, 2.75) is 26.2 Å². The fourth-order valence-electron chi connectivity index (χ4n) is 2.70. The molecule has 0 aliphatic heterocycles. The van der Waals surface area contributed by atoms with E-state index in [1.54, 1.807) is 12.1 Å². The Kier molecular flexibility index (Phi) is 5.58. The average molecular weight is 350 g/mol. The molecule has 1 heterocycles. The van der Waals surface area contributed by atoms with E-state index in [2.05, 4.69) is 25.9 Å². The number of amides is 1. The van der Waals surface area contributed by atoms with Crippen LogP contribution < -0.4 is 15.2 Å². The number of hydrogen-bond acceptors (Lipinski definition) is 5. The summed E-state index contributed by atoms with van der Waals surface area (Å²) in [7, 11) is 0. The summed E-state index contributed by atoms with van der Waals surface area (Å²) in [5.41, 5.74) is 2.84. The molecule has 0 saturated heterocycles. The lowest BCUT2D eigenvalue weighted by molar-refractivity contribution is -0.117. The topological polar surface area (TPSA) is 91.1 Å². The molecule has 0 saturated carbocycles. The summed E-state index contributed by atoms with van der Waals surface area (Å²) in [6.45, 7) is 4.53. The minimum Gasteiger partial charge on any atom is -0.494 e. The van der Waals surface area contributed by atoms with E-state index in [9.17, 15) is 4.79 Å². The quantitative estimate of drug-likeness (QED) is 0.704. The number of anilines is 1. The van der Waals surface area contributed by atoms with Crippen LogP contribution in [0.1, 0.15) is 29.8 Å². The summed E-state index contributed by atoms with van der Waals surface area (Å²) < 4.78 is 5.41. The third-order valence-electron chi connectivity index (χ3n) is 3.92. The first kappa shape index (κ1) is 17.6. The molecule has 0 radical (unpaired) electrons. The molecule has 1 aromatic heterocycles. The van der Waals surface area contributed by atoms with Gasteiger partial charge in [-0.3, -0.25) is 15.1 Å². The number of aryl methyl sites for hydroxylation is 1. The van der Waals surface area contributed by atoms with Gasteiger partial charge in [0.15, 0.2) is 0 Å². The largest absolute Gasteiger partial charge is 0.494 e. The van der Waals surface area contributed by atoms with Crippen LogP contribution in [0.3, 0.4) is 0 Å². The molecule has 0 unspecified atom stereocenters. The van der Waals surface area contributed by atoms with E-state index in [1.165, 1.54) is 0 Å². The van der Waals surface area contributed by atoms with Gasteiger partial charge in [0.1, 0.15) is 5.75 Å². The van der Waals surface area contributed by atoms with Crippen LogP contribution in [0.25, 0.3) is 0 Å². The Morgan fingerprint density at radius 1 is 1.23 bits per heavy atom. The summed E-state index contributed by atoms with van der Waals surface area (Å²) in [6, 6.07) is 15.2. The number of carbonyl (C=O) groups is 1. The number of aromatic nitrogens is 4. The van der Waals surface area contributed by atoms with Gasteiger partial charge in [0.25, 0.3) is 0 Å². The highest BCUT2D eigenvalue weighted by Gasteiger charge is 2.21. The van der Waals surface area contributed by atoms with E-state index < -0.39 is 5.92 Å². The lowest BCUT2D eigenvalue weighted by Crippen LogP contribution is -2.24. The van der Waals surface area contributed by atoms with Crippen LogP contribution in [-0.4, -0.2) is 28.0 Å². The molecule has 0 aliphatic carbocycles. The van der Waals surface area contributed by atoms with Gasteiger partial charge in [0.05, 0.1) is 12.5 Å². The van der Waals surface area contributed by atoms with E-state index >= 15 is 0 Å².